The summed E-state index contributed by atoms with van der Waals surface area (Å²) in [6.07, 6.45) is 6.77. The fourth-order valence-electron chi connectivity index (χ4n) is 5.34. The van der Waals surface area contributed by atoms with Gasteiger partial charge in [0.2, 0.25) is 11.3 Å². The molecular weight excluding hydrogens is 626 g/mol. The predicted octanol–water partition coefficient (Wildman–Crippen LogP) is 6.59. The van der Waals surface area contributed by atoms with E-state index in [-0.39, 0.29) is 18.0 Å². The van der Waals surface area contributed by atoms with Gasteiger partial charge in [0.05, 0.1) is 24.9 Å². The minimum absolute atomic E-state index is 0.203. The highest BCUT2D eigenvalue weighted by molar-refractivity contribution is 6.02. The van der Waals surface area contributed by atoms with E-state index in [1.807, 2.05) is 38.1 Å². The molecule has 0 aliphatic heterocycles. The van der Waals surface area contributed by atoms with Crippen molar-refractivity contribution in [2.45, 2.75) is 52.9 Å². The van der Waals surface area contributed by atoms with E-state index in [9.17, 15) is 14.4 Å². The number of rotatable bonds is 14. The Balaban J connectivity index is 1.24. The lowest BCUT2D eigenvalue weighted by Gasteiger charge is -2.14. The summed E-state index contributed by atoms with van der Waals surface area (Å²) in [5, 5.41) is 16.4. The summed E-state index contributed by atoms with van der Waals surface area (Å²) in [5.41, 5.74) is 5.39. The van der Waals surface area contributed by atoms with Crippen LogP contribution in [0.4, 0.5) is 5.69 Å². The van der Waals surface area contributed by atoms with Crippen LogP contribution in [0.15, 0.2) is 77.9 Å². The van der Waals surface area contributed by atoms with Crippen LogP contribution in [0.25, 0.3) is 16.6 Å². The van der Waals surface area contributed by atoms with Gasteiger partial charge in [-0.05, 0) is 81.6 Å². The zero-order chi connectivity index (χ0) is 34.9. The number of benzene rings is 3. The van der Waals surface area contributed by atoms with Crippen LogP contribution in [0.2, 0.25) is 0 Å². The second-order valence-corrected chi connectivity index (χ2v) is 11.7. The van der Waals surface area contributed by atoms with Gasteiger partial charge in [0.25, 0.3) is 5.91 Å². The normalized spacial score (nSPS) is 10.9. The highest BCUT2D eigenvalue weighted by Crippen LogP contribution is 2.37. The summed E-state index contributed by atoms with van der Waals surface area (Å²) < 4.78 is 19.3. The molecule has 5 rings (SSSR count). The first kappa shape index (κ1) is 34.6. The molecule has 0 saturated heterocycles. The average molecular weight is 666 g/mol. The lowest BCUT2D eigenvalue weighted by atomic mass is 10.1. The van der Waals surface area contributed by atoms with Gasteiger partial charge in [0.15, 0.2) is 17.2 Å². The van der Waals surface area contributed by atoms with Crippen LogP contribution in [0.1, 0.15) is 59.3 Å². The van der Waals surface area contributed by atoms with E-state index in [0.717, 1.165) is 41.5 Å². The van der Waals surface area contributed by atoms with Gasteiger partial charge >= 0.3 is 0 Å². The van der Waals surface area contributed by atoms with Crippen molar-refractivity contribution in [3.8, 4) is 28.7 Å². The van der Waals surface area contributed by atoms with Crippen molar-refractivity contribution in [1.29, 1.82) is 0 Å². The molecule has 3 aromatic carbocycles. The molecule has 0 saturated carbocycles. The van der Waals surface area contributed by atoms with Crippen LogP contribution < -0.4 is 30.4 Å². The topological polar surface area (TPSA) is 154 Å². The minimum Gasteiger partial charge on any atom is -0.493 e. The summed E-state index contributed by atoms with van der Waals surface area (Å²) in [7, 11) is 1.56. The molecule has 0 fully saturated rings. The molecule has 0 aliphatic carbocycles. The third-order valence-electron chi connectivity index (χ3n) is 7.92. The molecule has 3 N–H and O–H groups in total. The first-order valence-corrected chi connectivity index (χ1v) is 16.0. The van der Waals surface area contributed by atoms with Crippen molar-refractivity contribution in [1.82, 2.24) is 20.2 Å². The molecule has 49 heavy (non-hydrogen) atoms. The summed E-state index contributed by atoms with van der Waals surface area (Å²) >= 11 is 0. The molecule has 2 aromatic heterocycles. The van der Waals surface area contributed by atoms with Crippen molar-refractivity contribution < 1.29 is 29.0 Å². The molecule has 0 spiro atoms. The van der Waals surface area contributed by atoms with Gasteiger partial charge in [-0.1, -0.05) is 30.5 Å². The number of aromatic nitrogens is 3. The smallest absolute Gasteiger partial charge is 0.280 e. The van der Waals surface area contributed by atoms with Crippen molar-refractivity contribution in [2.75, 3.05) is 19.0 Å². The summed E-state index contributed by atoms with van der Waals surface area (Å²) in [6.45, 7) is 6.08. The maximum absolute atomic E-state index is 13.2. The Morgan fingerprint density at radius 1 is 0.878 bits per heavy atom. The number of methoxy groups -OCH3 is 1. The lowest BCUT2D eigenvalue weighted by Crippen LogP contribution is -2.27. The number of ether oxygens (including phenoxy) is 3. The number of aryl methyl sites for hydroxylation is 3. The van der Waals surface area contributed by atoms with Gasteiger partial charge < -0.3 is 19.5 Å². The Bertz CT molecular complexity index is 2030. The largest absolute Gasteiger partial charge is 0.493 e. The number of hydrogen-bond acceptors (Lipinski definition) is 9. The fourth-order valence-corrected chi connectivity index (χ4v) is 5.34. The second-order valence-electron chi connectivity index (χ2n) is 11.7. The Morgan fingerprint density at radius 2 is 1.65 bits per heavy atom. The molecule has 0 radical (unpaired) electrons. The van der Waals surface area contributed by atoms with E-state index >= 15 is 0 Å². The number of hydroxylamine groups is 1. The van der Waals surface area contributed by atoms with Crippen LogP contribution in [0, 0.1) is 20.8 Å². The van der Waals surface area contributed by atoms with E-state index in [0.29, 0.717) is 52.8 Å². The monoisotopic (exact) mass is 665 g/mol. The number of carbonyl (C=O) groups excluding carboxylic acids is 2. The highest BCUT2D eigenvalue weighted by Gasteiger charge is 2.18. The molecule has 5 aromatic rings. The third-order valence-corrected chi connectivity index (χ3v) is 7.92. The number of anilines is 1. The lowest BCUT2D eigenvalue weighted by molar-refractivity contribution is -0.129. The first-order valence-electron chi connectivity index (χ1n) is 16.0. The zero-order valence-corrected chi connectivity index (χ0v) is 27.9. The van der Waals surface area contributed by atoms with Crippen LogP contribution in [0.3, 0.4) is 0 Å². The quantitative estimate of drug-likeness (QED) is 0.0677. The molecule has 0 unspecified atom stereocenters. The van der Waals surface area contributed by atoms with Crippen LogP contribution in [-0.4, -0.2) is 45.5 Å². The van der Waals surface area contributed by atoms with Gasteiger partial charge in [-0.2, -0.15) is 5.10 Å². The summed E-state index contributed by atoms with van der Waals surface area (Å²) in [4.78, 5) is 41.7. The van der Waals surface area contributed by atoms with E-state index in [4.69, 9.17) is 19.4 Å². The van der Waals surface area contributed by atoms with E-state index in [1.54, 1.807) is 73.0 Å². The molecule has 12 nitrogen and oxygen atoms in total. The number of pyridine rings is 1. The van der Waals surface area contributed by atoms with Crippen molar-refractivity contribution in [2.24, 2.45) is 0 Å². The molecule has 0 bridgehead atoms. The molecule has 2 heterocycles. The molecule has 12 heteroatoms. The average Bonchev–Trinajstić information content (AvgIpc) is 3.09. The van der Waals surface area contributed by atoms with Crippen LogP contribution in [0.5, 0.6) is 23.0 Å². The van der Waals surface area contributed by atoms with Gasteiger partial charge in [-0.3, -0.25) is 24.6 Å². The molecular formula is C37H39N5O7. The first-order chi connectivity index (χ1) is 23.7. The van der Waals surface area contributed by atoms with E-state index in [1.165, 1.54) is 0 Å². The predicted molar refractivity (Wildman–Crippen MR) is 185 cm³/mol. The summed E-state index contributed by atoms with van der Waals surface area (Å²) in [5.74, 6) is 1.17. The highest BCUT2D eigenvalue weighted by atomic mass is 16.5. The van der Waals surface area contributed by atoms with Crippen molar-refractivity contribution in [3.05, 3.63) is 106 Å². The van der Waals surface area contributed by atoms with Gasteiger partial charge in [-0.25, -0.2) is 10.2 Å². The SMILES string of the molecule is COc1cc2c(Oc3ccc(NC(=O)c4nn(-c5ccc(C)cc5C)cc(C)c4=O)cc3)ccnc2cc1OCCCCCCC(=O)NO. The second kappa shape index (κ2) is 15.9. The van der Waals surface area contributed by atoms with Gasteiger partial charge in [0, 0.05) is 41.5 Å². The maximum Gasteiger partial charge on any atom is 0.280 e. The zero-order valence-electron chi connectivity index (χ0n) is 27.9. The van der Waals surface area contributed by atoms with Gasteiger partial charge in [0.1, 0.15) is 11.5 Å². The standard InChI is InChI=1S/C37H39N5O7/c1-23-10-15-30(24(2)19-23)42-22-25(3)36(44)35(40-42)37(45)39-26-11-13-27(14-12-26)49-31-16-17-38-29-21-33(32(47-4)20-28(29)31)48-18-8-6-5-7-9-34(43)41-46/h10-17,19-22,46H,5-9,18H2,1-4H3,(H,39,45)(H,41,43). The number of nitrogens with zero attached hydrogens (tertiary/aromatic N) is 3. The Labute approximate surface area is 283 Å². The molecule has 0 atom stereocenters. The van der Waals surface area contributed by atoms with Gasteiger partial charge in [-0.15, -0.1) is 0 Å². The molecule has 2 amide bonds. The summed E-state index contributed by atoms with van der Waals surface area (Å²) in [6, 6.07) is 18.0. The number of unbranched alkanes of at least 4 members (excludes halogenated alkanes) is 3. The minimum atomic E-state index is -0.613. The van der Waals surface area contributed by atoms with E-state index in [2.05, 4.69) is 15.4 Å². The van der Waals surface area contributed by atoms with E-state index < -0.39 is 11.3 Å². The third kappa shape index (κ3) is 8.59. The number of nitrogens with one attached hydrogen (secondary N) is 2. The Morgan fingerprint density at radius 3 is 2.39 bits per heavy atom. The number of amides is 2. The van der Waals surface area contributed by atoms with Crippen LogP contribution in [-0.2, 0) is 4.79 Å². The number of hydrogen-bond donors (Lipinski definition) is 3. The molecule has 254 valence electrons. The molecule has 0 aliphatic rings. The van der Waals surface area contributed by atoms with Crippen molar-refractivity contribution in [3.63, 3.8) is 0 Å². The number of fused-ring (bicyclic) bond motifs is 1. The Kier molecular flexibility index (Phi) is 11.2. The fraction of sp³-hybridized carbons (Fsp3) is 0.270. The maximum atomic E-state index is 13.2. The number of carbonyl (C=O) groups is 2. The van der Waals surface area contributed by atoms with Crippen molar-refractivity contribution >= 4 is 28.4 Å². The van der Waals surface area contributed by atoms with Crippen LogP contribution >= 0.6 is 0 Å². The Hall–Kier alpha value is -5.75.